The lowest BCUT2D eigenvalue weighted by Gasteiger charge is -2.09. The summed E-state index contributed by atoms with van der Waals surface area (Å²) in [6.45, 7) is 2.70. The van der Waals surface area contributed by atoms with Crippen molar-refractivity contribution in [2.75, 3.05) is 0 Å². The summed E-state index contributed by atoms with van der Waals surface area (Å²) in [5.74, 6) is -0.881. The largest absolute Gasteiger partial charge is 0.489 e. The number of benzene rings is 3. The molecule has 0 amide bonds. The average Bonchev–Trinajstić information content (AvgIpc) is 3.30. The number of aromatic nitrogens is 3. The molecule has 37 heavy (non-hydrogen) atoms. The van der Waals surface area contributed by atoms with Crippen molar-refractivity contribution in [3.05, 3.63) is 99.4 Å². The molecule has 1 aromatic heterocycles. The van der Waals surface area contributed by atoms with Crippen LogP contribution in [0.4, 0.5) is 0 Å². The molecule has 0 radical (unpaired) electrons. The zero-order valence-corrected chi connectivity index (χ0v) is 21.2. The Morgan fingerprint density at radius 2 is 1.76 bits per heavy atom. The van der Waals surface area contributed by atoms with E-state index in [1.165, 1.54) is 6.07 Å². The van der Waals surface area contributed by atoms with Crippen LogP contribution in [0.5, 0.6) is 5.75 Å². The fourth-order valence-electron chi connectivity index (χ4n) is 3.47. The van der Waals surface area contributed by atoms with Gasteiger partial charge in [0.15, 0.2) is 11.0 Å². The molecule has 0 spiro atoms. The minimum Gasteiger partial charge on any atom is -0.489 e. The standard InChI is InChI=1S/C27H22ClN3O5S/c1-2-31-24(19-8-10-21(28)11-9-19)29-30-27(31)37-23(26(34)35)15-17-6-12-22(13-7-17)36-16-18-4-3-5-20(14-18)25(32)33/h3-15H,2,16H2,1H3,(H,32,33)(H,34,35)/b23-15-. The lowest BCUT2D eigenvalue weighted by molar-refractivity contribution is -0.131. The number of carboxylic acids is 2. The van der Waals surface area contributed by atoms with Crippen molar-refractivity contribution < 1.29 is 24.5 Å². The molecule has 1 heterocycles. The summed E-state index contributed by atoms with van der Waals surface area (Å²) in [6.07, 6.45) is 1.56. The molecule has 0 saturated heterocycles. The van der Waals surface area contributed by atoms with Crippen molar-refractivity contribution in [3.63, 3.8) is 0 Å². The van der Waals surface area contributed by atoms with E-state index >= 15 is 0 Å². The van der Waals surface area contributed by atoms with E-state index in [0.717, 1.165) is 22.9 Å². The van der Waals surface area contributed by atoms with Crippen LogP contribution in [-0.2, 0) is 17.9 Å². The summed E-state index contributed by atoms with van der Waals surface area (Å²) in [7, 11) is 0. The summed E-state index contributed by atoms with van der Waals surface area (Å²) in [5.41, 5.74) is 2.42. The average molecular weight is 536 g/mol. The van der Waals surface area contributed by atoms with Crippen LogP contribution in [0.3, 0.4) is 0 Å². The molecular formula is C27H22ClN3O5S. The number of carbonyl (C=O) groups is 2. The van der Waals surface area contributed by atoms with E-state index in [-0.39, 0.29) is 17.1 Å². The second-order valence-electron chi connectivity index (χ2n) is 7.84. The molecule has 0 unspecified atom stereocenters. The normalized spacial score (nSPS) is 11.4. The van der Waals surface area contributed by atoms with Crippen LogP contribution in [0.2, 0.25) is 5.02 Å². The molecule has 188 valence electrons. The van der Waals surface area contributed by atoms with E-state index in [1.54, 1.807) is 60.7 Å². The maximum absolute atomic E-state index is 12.0. The van der Waals surface area contributed by atoms with Crippen LogP contribution in [0.15, 0.2) is 82.9 Å². The Labute approximate surface area is 222 Å². The molecule has 0 aliphatic rings. The molecule has 3 aromatic carbocycles. The molecule has 8 nitrogen and oxygen atoms in total. The highest BCUT2D eigenvalue weighted by Crippen LogP contribution is 2.31. The van der Waals surface area contributed by atoms with E-state index in [0.29, 0.717) is 33.9 Å². The van der Waals surface area contributed by atoms with Crippen molar-refractivity contribution >= 4 is 41.4 Å². The SMILES string of the molecule is CCn1c(S/C(=C\c2ccc(OCc3cccc(C(=O)O)c3)cc2)C(=O)O)nnc1-c1ccc(Cl)cc1. The minimum absolute atomic E-state index is 0.0870. The van der Waals surface area contributed by atoms with Crippen molar-refractivity contribution in [2.24, 2.45) is 0 Å². The van der Waals surface area contributed by atoms with Crippen molar-refractivity contribution in [1.82, 2.24) is 14.8 Å². The van der Waals surface area contributed by atoms with Gasteiger partial charge in [-0.2, -0.15) is 0 Å². The van der Waals surface area contributed by atoms with Crippen LogP contribution in [0, 0.1) is 0 Å². The second kappa shape index (κ2) is 11.8. The summed E-state index contributed by atoms with van der Waals surface area (Å²) < 4.78 is 7.60. The zero-order chi connectivity index (χ0) is 26.4. The van der Waals surface area contributed by atoms with Crippen LogP contribution in [0.25, 0.3) is 17.5 Å². The first-order chi connectivity index (χ1) is 17.8. The van der Waals surface area contributed by atoms with Crippen LogP contribution in [-0.4, -0.2) is 36.9 Å². The highest BCUT2D eigenvalue weighted by atomic mass is 35.5. The quantitative estimate of drug-likeness (QED) is 0.184. The van der Waals surface area contributed by atoms with E-state index in [4.69, 9.17) is 21.4 Å². The van der Waals surface area contributed by atoms with Crippen molar-refractivity contribution in [3.8, 4) is 17.1 Å². The third-order valence-electron chi connectivity index (χ3n) is 5.30. The molecule has 2 N–H and O–H groups in total. The van der Waals surface area contributed by atoms with Gasteiger partial charge in [0.1, 0.15) is 17.3 Å². The molecule has 10 heteroatoms. The number of hydrogen-bond acceptors (Lipinski definition) is 6. The summed E-state index contributed by atoms with van der Waals surface area (Å²) >= 11 is 7.01. The molecule has 4 aromatic rings. The third kappa shape index (κ3) is 6.58. The van der Waals surface area contributed by atoms with E-state index in [9.17, 15) is 14.7 Å². The summed E-state index contributed by atoms with van der Waals surface area (Å²) in [6, 6.07) is 20.7. The Balaban J connectivity index is 1.48. The first-order valence-corrected chi connectivity index (χ1v) is 12.4. The first-order valence-electron chi connectivity index (χ1n) is 11.2. The summed E-state index contributed by atoms with van der Waals surface area (Å²) in [4.78, 5) is 23.2. The van der Waals surface area contributed by atoms with Crippen LogP contribution in [0.1, 0.15) is 28.4 Å². The van der Waals surface area contributed by atoms with Gasteiger partial charge in [-0.15, -0.1) is 10.2 Å². The van der Waals surface area contributed by atoms with Gasteiger partial charge in [0, 0.05) is 17.1 Å². The van der Waals surface area contributed by atoms with Gasteiger partial charge >= 0.3 is 11.9 Å². The van der Waals surface area contributed by atoms with Gasteiger partial charge in [0.2, 0.25) is 0 Å². The van der Waals surface area contributed by atoms with Crippen LogP contribution >= 0.6 is 23.4 Å². The van der Waals surface area contributed by atoms with E-state index in [1.807, 2.05) is 23.6 Å². The van der Waals surface area contributed by atoms with Gasteiger partial charge in [-0.25, -0.2) is 9.59 Å². The van der Waals surface area contributed by atoms with Gasteiger partial charge in [0.25, 0.3) is 0 Å². The maximum atomic E-state index is 12.0. The van der Waals surface area contributed by atoms with Crippen molar-refractivity contribution in [2.45, 2.75) is 25.2 Å². The fourth-order valence-corrected chi connectivity index (χ4v) is 4.48. The maximum Gasteiger partial charge on any atom is 0.342 e. The number of aromatic carboxylic acids is 1. The molecule has 0 aliphatic carbocycles. The monoisotopic (exact) mass is 535 g/mol. The lowest BCUT2D eigenvalue weighted by Crippen LogP contribution is -2.02. The first kappa shape index (κ1) is 26.0. The van der Waals surface area contributed by atoms with Gasteiger partial charge in [-0.3, -0.25) is 0 Å². The number of carboxylic acid groups (broad SMARTS) is 2. The molecule has 0 bridgehead atoms. The van der Waals surface area contributed by atoms with Gasteiger partial charge < -0.3 is 19.5 Å². The molecule has 0 saturated carbocycles. The molecule has 4 rings (SSSR count). The molecule has 0 atom stereocenters. The predicted octanol–water partition coefficient (Wildman–Crippen LogP) is 6.11. The fraction of sp³-hybridized carbons (Fsp3) is 0.111. The van der Waals surface area contributed by atoms with E-state index < -0.39 is 11.9 Å². The Bertz CT molecular complexity index is 1450. The number of ether oxygens (including phenoxy) is 1. The minimum atomic E-state index is -1.08. The van der Waals surface area contributed by atoms with Gasteiger partial charge in [-0.1, -0.05) is 35.9 Å². The van der Waals surface area contributed by atoms with Crippen molar-refractivity contribution in [1.29, 1.82) is 0 Å². The number of rotatable bonds is 10. The summed E-state index contributed by atoms with van der Waals surface area (Å²) in [5, 5.41) is 28.5. The van der Waals surface area contributed by atoms with Gasteiger partial charge in [0.05, 0.1) is 5.56 Å². The number of halogens is 1. The third-order valence-corrected chi connectivity index (χ3v) is 6.55. The smallest absolute Gasteiger partial charge is 0.342 e. The molecular weight excluding hydrogens is 514 g/mol. The number of nitrogens with zero attached hydrogens (tertiary/aromatic N) is 3. The number of hydrogen-bond donors (Lipinski definition) is 2. The van der Waals surface area contributed by atoms with Crippen LogP contribution < -0.4 is 4.74 Å². The topological polar surface area (TPSA) is 115 Å². The zero-order valence-electron chi connectivity index (χ0n) is 19.7. The van der Waals surface area contributed by atoms with E-state index in [2.05, 4.69) is 10.2 Å². The van der Waals surface area contributed by atoms with Gasteiger partial charge in [-0.05, 0) is 84.4 Å². The predicted molar refractivity (Wildman–Crippen MR) is 142 cm³/mol. The Morgan fingerprint density at radius 1 is 1.03 bits per heavy atom. The Morgan fingerprint density at radius 3 is 2.41 bits per heavy atom. The molecule has 0 fully saturated rings. The molecule has 0 aliphatic heterocycles. The highest BCUT2D eigenvalue weighted by molar-refractivity contribution is 8.04. The lowest BCUT2D eigenvalue weighted by atomic mass is 10.1. The Hall–Kier alpha value is -4.08. The second-order valence-corrected chi connectivity index (χ2v) is 9.28. The number of thioether (sulfide) groups is 1. The number of aliphatic carboxylic acids is 1. The Kier molecular flexibility index (Phi) is 8.27. The highest BCUT2D eigenvalue weighted by Gasteiger charge is 2.18.